The number of ether oxygens (including phenoxy) is 1. The number of nitrogens with zero attached hydrogens (tertiary/aromatic N) is 3. The zero-order valence-electron chi connectivity index (χ0n) is 12.2. The number of aromatic nitrogens is 3. The van der Waals surface area contributed by atoms with Crippen LogP contribution in [0.2, 0.25) is 0 Å². The minimum Gasteiger partial charge on any atom is -0.377 e. The highest BCUT2D eigenvalue weighted by atomic mass is 32.2. The predicted octanol–water partition coefficient (Wildman–Crippen LogP) is 1.93. The summed E-state index contributed by atoms with van der Waals surface area (Å²) < 4.78 is 32.2. The highest BCUT2D eigenvalue weighted by molar-refractivity contribution is 7.91. The molecule has 6 nitrogen and oxygen atoms in total. The molecule has 1 aliphatic heterocycles. The molecule has 0 amide bonds. The van der Waals surface area contributed by atoms with Gasteiger partial charge in [0.2, 0.25) is 15.0 Å². The second kappa shape index (κ2) is 6.89. The Hall–Kier alpha value is -1.25. The fraction of sp³-hybridized carbons (Fsp3) is 0.571. The van der Waals surface area contributed by atoms with Crippen LogP contribution in [0.1, 0.15) is 24.1 Å². The molecular weight excluding hydrogens is 322 g/mol. The maximum Gasteiger partial charge on any atom is 0.249 e. The molecule has 0 N–H and O–H groups in total. The molecule has 3 heterocycles. The molecule has 3 rings (SSSR count). The highest BCUT2D eigenvalue weighted by Crippen LogP contribution is 2.18. The number of aryl methyl sites for hydroxylation is 2. The average molecular weight is 341 g/mol. The van der Waals surface area contributed by atoms with Gasteiger partial charge >= 0.3 is 0 Å². The van der Waals surface area contributed by atoms with Gasteiger partial charge in [0.1, 0.15) is 6.33 Å². The summed E-state index contributed by atoms with van der Waals surface area (Å²) in [5, 5.41) is 9.67. The minimum atomic E-state index is -3.47. The van der Waals surface area contributed by atoms with Gasteiger partial charge in [0.25, 0.3) is 0 Å². The van der Waals surface area contributed by atoms with Crippen molar-refractivity contribution in [1.82, 2.24) is 14.8 Å². The van der Waals surface area contributed by atoms with Crippen molar-refractivity contribution in [2.45, 2.75) is 43.5 Å². The lowest BCUT2D eigenvalue weighted by atomic mass is 10.1. The van der Waals surface area contributed by atoms with Crippen molar-refractivity contribution in [3.8, 4) is 0 Å². The molecule has 1 aliphatic rings. The monoisotopic (exact) mass is 341 g/mol. The zero-order chi connectivity index (χ0) is 15.4. The third-order valence-corrected chi connectivity index (χ3v) is 6.34. The van der Waals surface area contributed by atoms with Crippen LogP contribution in [0, 0.1) is 0 Å². The second-order valence-corrected chi connectivity index (χ2v) is 8.37. The van der Waals surface area contributed by atoms with Crippen LogP contribution in [0.3, 0.4) is 0 Å². The maximum absolute atomic E-state index is 12.5. The van der Waals surface area contributed by atoms with Gasteiger partial charge in [0, 0.05) is 18.0 Å². The van der Waals surface area contributed by atoms with Gasteiger partial charge in [-0.1, -0.05) is 6.07 Å². The van der Waals surface area contributed by atoms with Crippen molar-refractivity contribution >= 4 is 21.2 Å². The van der Waals surface area contributed by atoms with Crippen LogP contribution >= 0.6 is 11.3 Å². The molecule has 2 aromatic rings. The van der Waals surface area contributed by atoms with Crippen molar-refractivity contribution in [3.05, 3.63) is 28.7 Å². The van der Waals surface area contributed by atoms with E-state index in [0.29, 0.717) is 13.2 Å². The zero-order valence-corrected chi connectivity index (χ0v) is 13.9. The van der Waals surface area contributed by atoms with Crippen molar-refractivity contribution in [3.63, 3.8) is 0 Å². The van der Waals surface area contributed by atoms with Gasteiger partial charge in [-0.15, -0.1) is 21.5 Å². The second-order valence-electron chi connectivity index (χ2n) is 5.41. The van der Waals surface area contributed by atoms with E-state index >= 15 is 0 Å². The lowest BCUT2D eigenvalue weighted by molar-refractivity contribution is 0.0304. The summed E-state index contributed by atoms with van der Waals surface area (Å²) in [6, 6.07) is 4.03. The van der Waals surface area contributed by atoms with E-state index in [2.05, 4.69) is 10.2 Å². The molecule has 22 heavy (non-hydrogen) atoms. The Bertz CT molecular complexity index is 689. The van der Waals surface area contributed by atoms with E-state index in [-0.39, 0.29) is 17.0 Å². The number of thiophene rings is 1. The van der Waals surface area contributed by atoms with Crippen LogP contribution in [-0.2, 0) is 27.5 Å². The molecule has 2 aromatic heterocycles. The Balaban J connectivity index is 1.69. The number of hydrogen-bond acceptors (Lipinski definition) is 6. The molecule has 120 valence electrons. The van der Waals surface area contributed by atoms with E-state index in [1.165, 1.54) is 11.2 Å². The lowest BCUT2D eigenvalue weighted by Gasteiger charge is -2.22. The molecule has 1 fully saturated rings. The molecule has 1 saturated heterocycles. The normalized spacial score (nSPS) is 19.4. The van der Waals surface area contributed by atoms with Gasteiger partial charge in [-0.25, -0.2) is 8.42 Å². The van der Waals surface area contributed by atoms with Crippen molar-refractivity contribution in [2.24, 2.45) is 0 Å². The number of sulfone groups is 1. The summed E-state index contributed by atoms with van der Waals surface area (Å²) >= 11 is 1.66. The van der Waals surface area contributed by atoms with E-state index in [9.17, 15) is 8.42 Å². The number of rotatable bonds is 6. The molecule has 8 heteroatoms. The summed E-state index contributed by atoms with van der Waals surface area (Å²) in [4.78, 5) is 1.22. The quantitative estimate of drug-likeness (QED) is 0.802. The smallest absolute Gasteiger partial charge is 0.249 e. The van der Waals surface area contributed by atoms with E-state index in [4.69, 9.17) is 4.74 Å². The van der Waals surface area contributed by atoms with Gasteiger partial charge in [-0.3, -0.25) is 0 Å². The molecule has 0 spiro atoms. The number of hydrogen-bond donors (Lipinski definition) is 0. The first-order valence-corrected chi connectivity index (χ1v) is 9.93. The Morgan fingerprint density at radius 1 is 1.41 bits per heavy atom. The molecular formula is C14H19N3O3S2. The highest BCUT2D eigenvalue weighted by Gasteiger charge is 2.27. The predicted molar refractivity (Wildman–Crippen MR) is 83.7 cm³/mol. The fourth-order valence-corrected chi connectivity index (χ4v) is 4.85. The third kappa shape index (κ3) is 3.74. The standard InChI is InChI=1S/C14H19N3O3S2/c18-22(19,10-12-4-1-2-8-20-12)14-16-15-11-17(14)7-6-13-5-3-9-21-13/h3,5,9,11-12H,1-2,4,6-8,10H2. The summed E-state index contributed by atoms with van der Waals surface area (Å²) in [5.74, 6) is -0.00923. The molecule has 0 bridgehead atoms. The van der Waals surface area contributed by atoms with Crippen LogP contribution in [0.25, 0.3) is 0 Å². The lowest BCUT2D eigenvalue weighted by Crippen LogP contribution is -2.29. The first-order valence-electron chi connectivity index (χ1n) is 7.40. The topological polar surface area (TPSA) is 74.1 Å². The first kappa shape index (κ1) is 15.6. The summed E-state index contributed by atoms with van der Waals surface area (Å²) in [6.07, 6.45) is 4.86. The SMILES string of the molecule is O=S(=O)(CC1CCCCO1)c1nncn1CCc1cccs1. The largest absolute Gasteiger partial charge is 0.377 e. The van der Waals surface area contributed by atoms with Crippen LogP contribution < -0.4 is 0 Å². The Kier molecular flexibility index (Phi) is 4.90. The average Bonchev–Trinajstić information content (AvgIpc) is 3.17. The maximum atomic E-state index is 12.5. The fourth-order valence-electron chi connectivity index (χ4n) is 2.58. The van der Waals surface area contributed by atoms with E-state index in [1.54, 1.807) is 15.9 Å². The van der Waals surface area contributed by atoms with E-state index in [1.807, 2.05) is 17.5 Å². The third-order valence-electron chi connectivity index (χ3n) is 3.72. The molecule has 1 atom stereocenters. The van der Waals surface area contributed by atoms with Crippen LogP contribution in [0.15, 0.2) is 29.0 Å². The van der Waals surface area contributed by atoms with E-state index in [0.717, 1.165) is 25.7 Å². The molecule has 0 saturated carbocycles. The summed E-state index contributed by atoms with van der Waals surface area (Å²) in [6.45, 7) is 1.21. The molecule has 0 aromatic carbocycles. The van der Waals surface area contributed by atoms with E-state index < -0.39 is 9.84 Å². The molecule has 0 aliphatic carbocycles. The van der Waals surface area contributed by atoms with Crippen LogP contribution in [0.4, 0.5) is 0 Å². The van der Waals surface area contributed by atoms with Gasteiger partial charge < -0.3 is 9.30 Å². The van der Waals surface area contributed by atoms with Gasteiger partial charge in [0.05, 0.1) is 11.9 Å². The Morgan fingerprint density at radius 3 is 3.05 bits per heavy atom. The molecule has 0 radical (unpaired) electrons. The Morgan fingerprint density at radius 2 is 2.32 bits per heavy atom. The van der Waals surface area contributed by atoms with Crippen LogP contribution in [-0.4, -0.2) is 41.6 Å². The van der Waals surface area contributed by atoms with Gasteiger partial charge in [-0.05, 0) is 37.1 Å². The molecule has 1 unspecified atom stereocenters. The Labute approximate surface area is 134 Å². The van der Waals surface area contributed by atoms with Crippen LogP contribution in [0.5, 0.6) is 0 Å². The first-order chi connectivity index (χ1) is 10.6. The van der Waals surface area contributed by atoms with Gasteiger partial charge in [0.15, 0.2) is 0 Å². The summed E-state index contributed by atoms with van der Waals surface area (Å²) in [5.41, 5.74) is 0. The summed E-state index contributed by atoms with van der Waals surface area (Å²) in [7, 11) is -3.47. The van der Waals surface area contributed by atoms with Gasteiger partial charge in [-0.2, -0.15) is 0 Å². The van der Waals surface area contributed by atoms with Crippen molar-refractivity contribution < 1.29 is 13.2 Å². The minimum absolute atomic E-state index is 0.00923. The van der Waals surface area contributed by atoms with Crippen molar-refractivity contribution in [2.75, 3.05) is 12.4 Å². The van der Waals surface area contributed by atoms with Crippen molar-refractivity contribution in [1.29, 1.82) is 0 Å².